The summed E-state index contributed by atoms with van der Waals surface area (Å²) in [5.74, 6) is 0. The maximum atomic E-state index is 6.16. The molecule has 0 amide bonds. The van der Waals surface area contributed by atoms with E-state index in [4.69, 9.17) is 11.6 Å². The van der Waals surface area contributed by atoms with Gasteiger partial charge in [-0.1, -0.05) is 25.4 Å². The minimum atomic E-state index is 0.545. The fourth-order valence-electron chi connectivity index (χ4n) is 2.50. The topological polar surface area (TPSA) is 15.3 Å². The number of hydrogen-bond donors (Lipinski definition) is 1. The number of piperidine rings is 1. The maximum absolute atomic E-state index is 6.16. The molecule has 100 valence electrons. The van der Waals surface area contributed by atoms with Crippen LogP contribution >= 0.6 is 27.5 Å². The van der Waals surface area contributed by atoms with Crippen molar-refractivity contribution in [3.63, 3.8) is 0 Å². The van der Waals surface area contributed by atoms with Crippen molar-refractivity contribution >= 4 is 33.2 Å². The van der Waals surface area contributed by atoms with Crippen LogP contribution in [0.15, 0.2) is 22.7 Å². The van der Waals surface area contributed by atoms with Crippen LogP contribution < -0.4 is 10.2 Å². The van der Waals surface area contributed by atoms with Gasteiger partial charge in [0.1, 0.15) is 0 Å². The Hall–Kier alpha value is -0.250. The van der Waals surface area contributed by atoms with E-state index in [2.05, 4.69) is 46.1 Å². The van der Waals surface area contributed by atoms with Crippen LogP contribution in [0.25, 0.3) is 0 Å². The summed E-state index contributed by atoms with van der Waals surface area (Å²) in [6.45, 7) is 6.59. The molecule has 1 heterocycles. The van der Waals surface area contributed by atoms with Crippen molar-refractivity contribution < 1.29 is 0 Å². The lowest BCUT2D eigenvalue weighted by molar-refractivity contribution is 0.395. The molecular formula is C14H20BrClN2. The quantitative estimate of drug-likeness (QED) is 0.898. The number of hydrogen-bond acceptors (Lipinski definition) is 2. The maximum Gasteiger partial charge on any atom is 0.0568 e. The zero-order valence-electron chi connectivity index (χ0n) is 10.9. The second-order valence-corrected chi connectivity index (χ2v) is 6.47. The van der Waals surface area contributed by atoms with E-state index in [9.17, 15) is 0 Å². The average molecular weight is 332 g/mol. The number of nitrogens with zero attached hydrogens (tertiary/aromatic N) is 1. The number of benzene rings is 1. The molecule has 1 fully saturated rings. The van der Waals surface area contributed by atoms with Crippen molar-refractivity contribution in [2.24, 2.45) is 0 Å². The van der Waals surface area contributed by atoms with Crippen molar-refractivity contribution in [3.05, 3.63) is 27.7 Å². The molecular weight excluding hydrogens is 312 g/mol. The summed E-state index contributed by atoms with van der Waals surface area (Å²) in [6, 6.07) is 7.33. The SMILES string of the molecule is CC(C)NC1CCCN(c2ccc(Br)c(Cl)c2)C1. The van der Waals surface area contributed by atoms with Crippen LogP contribution in [-0.2, 0) is 0 Å². The Labute approximate surface area is 123 Å². The monoisotopic (exact) mass is 330 g/mol. The van der Waals surface area contributed by atoms with Crippen molar-refractivity contribution in [1.82, 2.24) is 5.32 Å². The zero-order chi connectivity index (χ0) is 13.1. The predicted octanol–water partition coefficient (Wildman–Crippen LogP) is 4.07. The summed E-state index contributed by atoms with van der Waals surface area (Å²) in [7, 11) is 0. The molecule has 1 aromatic rings. The molecule has 0 radical (unpaired) electrons. The molecule has 1 saturated heterocycles. The largest absolute Gasteiger partial charge is 0.370 e. The van der Waals surface area contributed by atoms with E-state index in [1.54, 1.807) is 0 Å². The first-order valence-electron chi connectivity index (χ1n) is 6.52. The Kier molecular flexibility index (Phi) is 4.93. The van der Waals surface area contributed by atoms with E-state index in [0.717, 1.165) is 22.6 Å². The van der Waals surface area contributed by atoms with Gasteiger partial charge < -0.3 is 10.2 Å². The third-order valence-electron chi connectivity index (χ3n) is 3.26. The first kappa shape index (κ1) is 14.2. The minimum Gasteiger partial charge on any atom is -0.370 e. The molecule has 1 unspecified atom stereocenters. The van der Waals surface area contributed by atoms with E-state index >= 15 is 0 Å². The minimum absolute atomic E-state index is 0.545. The summed E-state index contributed by atoms with van der Waals surface area (Å²) in [5, 5.41) is 4.41. The average Bonchev–Trinajstić information content (AvgIpc) is 2.32. The molecule has 0 aliphatic carbocycles. The zero-order valence-corrected chi connectivity index (χ0v) is 13.3. The third kappa shape index (κ3) is 3.62. The number of nitrogens with one attached hydrogen (secondary N) is 1. The summed E-state index contributed by atoms with van der Waals surface area (Å²) in [4.78, 5) is 2.42. The lowest BCUT2D eigenvalue weighted by Gasteiger charge is -2.36. The van der Waals surface area contributed by atoms with Gasteiger partial charge in [0.25, 0.3) is 0 Å². The second kappa shape index (κ2) is 6.27. The Morgan fingerprint density at radius 1 is 1.44 bits per heavy atom. The Bertz CT molecular complexity index is 409. The lowest BCUT2D eigenvalue weighted by atomic mass is 10.0. The van der Waals surface area contributed by atoms with Gasteiger partial charge in [-0.05, 0) is 47.0 Å². The van der Waals surface area contributed by atoms with Crippen molar-refractivity contribution in [2.75, 3.05) is 18.0 Å². The first-order chi connectivity index (χ1) is 8.56. The molecule has 1 aliphatic rings. The first-order valence-corrected chi connectivity index (χ1v) is 7.69. The molecule has 0 aromatic heterocycles. The molecule has 1 atom stereocenters. The number of anilines is 1. The highest BCUT2D eigenvalue weighted by Crippen LogP contribution is 2.29. The van der Waals surface area contributed by atoms with Gasteiger partial charge in [0.15, 0.2) is 0 Å². The Balaban J connectivity index is 2.05. The lowest BCUT2D eigenvalue weighted by Crippen LogP contribution is -2.47. The van der Waals surface area contributed by atoms with Gasteiger partial charge in [0.05, 0.1) is 5.02 Å². The van der Waals surface area contributed by atoms with E-state index in [1.165, 1.54) is 18.5 Å². The highest BCUT2D eigenvalue weighted by atomic mass is 79.9. The molecule has 1 aromatic carbocycles. The summed E-state index contributed by atoms with van der Waals surface area (Å²) >= 11 is 9.60. The van der Waals surface area contributed by atoms with Crippen LogP contribution in [0.3, 0.4) is 0 Å². The van der Waals surface area contributed by atoms with Gasteiger partial charge in [0.2, 0.25) is 0 Å². The van der Waals surface area contributed by atoms with E-state index in [0.29, 0.717) is 12.1 Å². The highest BCUT2D eigenvalue weighted by Gasteiger charge is 2.20. The molecule has 18 heavy (non-hydrogen) atoms. The molecule has 0 spiro atoms. The number of rotatable bonds is 3. The van der Waals surface area contributed by atoms with Gasteiger partial charge in [-0.25, -0.2) is 0 Å². The fourth-order valence-corrected chi connectivity index (χ4v) is 2.92. The van der Waals surface area contributed by atoms with Crippen LogP contribution in [0.2, 0.25) is 5.02 Å². The van der Waals surface area contributed by atoms with E-state index < -0.39 is 0 Å². The third-order valence-corrected chi connectivity index (χ3v) is 4.49. The molecule has 2 nitrogen and oxygen atoms in total. The van der Waals surface area contributed by atoms with Gasteiger partial charge in [-0.2, -0.15) is 0 Å². The van der Waals surface area contributed by atoms with Crippen LogP contribution in [-0.4, -0.2) is 25.2 Å². The molecule has 2 rings (SSSR count). The predicted molar refractivity (Wildman–Crippen MR) is 82.7 cm³/mol. The molecule has 4 heteroatoms. The molecule has 0 bridgehead atoms. The smallest absolute Gasteiger partial charge is 0.0568 e. The summed E-state index contributed by atoms with van der Waals surface area (Å²) in [6.07, 6.45) is 2.50. The van der Waals surface area contributed by atoms with Crippen LogP contribution in [0.1, 0.15) is 26.7 Å². The summed E-state index contributed by atoms with van der Waals surface area (Å²) in [5.41, 5.74) is 1.22. The Morgan fingerprint density at radius 2 is 2.22 bits per heavy atom. The van der Waals surface area contributed by atoms with Gasteiger partial charge >= 0.3 is 0 Å². The Morgan fingerprint density at radius 3 is 2.89 bits per heavy atom. The van der Waals surface area contributed by atoms with Crippen LogP contribution in [0.5, 0.6) is 0 Å². The highest BCUT2D eigenvalue weighted by molar-refractivity contribution is 9.10. The van der Waals surface area contributed by atoms with Gasteiger partial charge in [-0.3, -0.25) is 0 Å². The molecule has 1 N–H and O–H groups in total. The molecule has 0 saturated carbocycles. The molecule has 1 aliphatic heterocycles. The second-order valence-electron chi connectivity index (χ2n) is 5.20. The van der Waals surface area contributed by atoms with E-state index in [-0.39, 0.29) is 0 Å². The van der Waals surface area contributed by atoms with Crippen molar-refractivity contribution in [1.29, 1.82) is 0 Å². The van der Waals surface area contributed by atoms with Gasteiger partial charge in [-0.15, -0.1) is 0 Å². The standard InChI is InChI=1S/C14H20BrClN2/c1-10(2)17-11-4-3-7-18(9-11)12-5-6-13(15)14(16)8-12/h5-6,8,10-11,17H,3-4,7,9H2,1-2H3. The number of halogens is 2. The van der Waals surface area contributed by atoms with Crippen molar-refractivity contribution in [3.8, 4) is 0 Å². The fraction of sp³-hybridized carbons (Fsp3) is 0.571. The van der Waals surface area contributed by atoms with Crippen LogP contribution in [0, 0.1) is 0 Å². The van der Waals surface area contributed by atoms with Gasteiger partial charge in [0, 0.05) is 35.3 Å². The summed E-state index contributed by atoms with van der Waals surface area (Å²) < 4.78 is 0.960. The van der Waals surface area contributed by atoms with E-state index in [1.807, 2.05) is 12.1 Å². The normalized spacial score (nSPS) is 20.5. The van der Waals surface area contributed by atoms with Crippen LogP contribution in [0.4, 0.5) is 5.69 Å². The van der Waals surface area contributed by atoms with Crippen molar-refractivity contribution in [2.45, 2.75) is 38.8 Å².